The van der Waals surface area contributed by atoms with Gasteiger partial charge in [-0.1, -0.05) is 32.4 Å². The van der Waals surface area contributed by atoms with Gasteiger partial charge in [-0.2, -0.15) is 13.2 Å². The zero-order valence-electron chi connectivity index (χ0n) is 22.4. The first-order chi connectivity index (χ1) is 16.0. The monoisotopic (exact) mass is 498 g/mol. The number of rotatable bonds is 5. The molecule has 0 bridgehead atoms. The quantitative estimate of drug-likeness (QED) is 0.313. The Bertz CT molecular complexity index is 864. The number of fused-ring (bicyclic) bond motifs is 5. The van der Waals surface area contributed by atoms with Gasteiger partial charge in [0.05, 0.1) is 5.60 Å². The molecule has 0 saturated heterocycles. The van der Waals surface area contributed by atoms with Gasteiger partial charge < -0.3 is 9.84 Å². The lowest BCUT2D eigenvalue weighted by atomic mass is 9.46. The van der Waals surface area contributed by atoms with Gasteiger partial charge in [-0.05, 0) is 118 Å². The van der Waals surface area contributed by atoms with Crippen LogP contribution in [0.3, 0.4) is 0 Å². The SMILES string of the molecule is CC(=O)O[C@@](C)(CC[C@@H](C)[C@H]1CC[C@H]2[C@@H]3CC=C4C[C@@](C)(O)CC[C@]4(C)[C@H]3CC[C@]12C)C(F)(F)F. The Balaban J connectivity index is 1.49. The van der Waals surface area contributed by atoms with Crippen LogP contribution in [0.4, 0.5) is 13.2 Å². The molecule has 4 rings (SSSR count). The van der Waals surface area contributed by atoms with Crippen LogP contribution in [0.1, 0.15) is 106 Å². The molecule has 35 heavy (non-hydrogen) atoms. The van der Waals surface area contributed by atoms with E-state index < -0.39 is 23.3 Å². The van der Waals surface area contributed by atoms with Gasteiger partial charge in [0.15, 0.2) is 0 Å². The molecule has 1 N–H and O–H groups in total. The number of ether oxygens (including phenoxy) is 1. The van der Waals surface area contributed by atoms with Crippen molar-refractivity contribution in [2.45, 2.75) is 123 Å². The molecule has 3 fully saturated rings. The van der Waals surface area contributed by atoms with Gasteiger partial charge in [0, 0.05) is 6.92 Å². The van der Waals surface area contributed by atoms with Gasteiger partial charge in [-0.25, -0.2) is 0 Å². The van der Waals surface area contributed by atoms with Crippen LogP contribution in [0, 0.1) is 40.4 Å². The number of halogens is 3. The summed E-state index contributed by atoms with van der Waals surface area (Å²) in [5.41, 5.74) is -1.23. The van der Waals surface area contributed by atoms with E-state index in [0.29, 0.717) is 30.1 Å². The van der Waals surface area contributed by atoms with Crippen molar-refractivity contribution in [3.05, 3.63) is 11.6 Å². The molecule has 9 atom stereocenters. The van der Waals surface area contributed by atoms with Crippen LogP contribution in [0.15, 0.2) is 11.6 Å². The minimum atomic E-state index is -4.58. The summed E-state index contributed by atoms with van der Waals surface area (Å²) in [6, 6.07) is 0. The number of hydrogen-bond donors (Lipinski definition) is 1. The Hall–Kier alpha value is -1.04. The van der Waals surface area contributed by atoms with Crippen molar-refractivity contribution in [2.24, 2.45) is 40.4 Å². The van der Waals surface area contributed by atoms with Crippen LogP contribution in [0.5, 0.6) is 0 Å². The fourth-order valence-electron chi connectivity index (χ4n) is 9.05. The van der Waals surface area contributed by atoms with Gasteiger partial charge in [-0.3, -0.25) is 4.79 Å². The van der Waals surface area contributed by atoms with E-state index in [-0.39, 0.29) is 23.2 Å². The lowest BCUT2D eigenvalue weighted by Crippen LogP contribution is -2.52. The minimum Gasteiger partial charge on any atom is -0.450 e. The molecule has 0 spiro atoms. The molecular formula is C29H45F3O3. The summed E-state index contributed by atoms with van der Waals surface area (Å²) in [7, 11) is 0. The molecule has 4 aliphatic carbocycles. The second-order valence-corrected chi connectivity index (χ2v) is 13.5. The van der Waals surface area contributed by atoms with E-state index in [0.717, 1.165) is 58.8 Å². The smallest absolute Gasteiger partial charge is 0.428 e. The first-order valence-electron chi connectivity index (χ1n) is 13.7. The van der Waals surface area contributed by atoms with Gasteiger partial charge >= 0.3 is 12.1 Å². The van der Waals surface area contributed by atoms with Crippen molar-refractivity contribution in [3.8, 4) is 0 Å². The second kappa shape index (κ2) is 8.77. The lowest BCUT2D eigenvalue weighted by Gasteiger charge is -2.59. The predicted molar refractivity (Wildman–Crippen MR) is 130 cm³/mol. The third-order valence-corrected chi connectivity index (χ3v) is 11.2. The zero-order valence-corrected chi connectivity index (χ0v) is 22.4. The number of carbonyl (C=O) groups excluding carboxylic acids is 1. The van der Waals surface area contributed by atoms with E-state index in [2.05, 4.69) is 26.8 Å². The highest BCUT2D eigenvalue weighted by Gasteiger charge is 2.60. The third kappa shape index (κ3) is 4.59. The lowest BCUT2D eigenvalue weighted by molar-refractivity contribution is -0.266. The number of hydrogen-bond acceptors (Lipinski definition) is 3. The maximum atomic E-state index is 13.7. The van der Waals surface area contributed by atoms with E-state index in [1.165, 1.54) is 12.0 Å². The van der Waals surface area contributed by atoms with Crippen LogP contribution in [-0.4, -0.2) is 28.5 Å². The molecule has 4 aliphatic rings. The average molecular weight is 499 g/mol. The van der Waals surface area contributed by atoms with E-state index >= 15 is 0 Å². The van der Waals surface area contributed by atoms with Crippen LogP contribution < -0.4 is 0 Å². The standard InChI is InChI=1S/C29H45F3O3/c1-18(11-14-28(6,29(30,31)32)35-19(2)33)22-9-10-23-21-8-7-20-17-25(3,34)15-16-26(20,4)24(21)12-13-27(22,23)5/h7,18,21-24,34H,8-17H2,1-6H3/t18-,21+,22-,23+,24+,25+,26+,27-,28+/m1/s1. The highest BCUT2D eigenvalue weighted by atomic mass is 19.4. The zero-order chi connectivity index (χ0) is 26.0. The highest BCUT2D eigenvalue weighted by molar-refractivity contribution is 5.66. The largest absolute Gasteiger partial charge is 0.450 e. The van der Waals surface area contributed by atoms with Crippen LogP contribution in [0.25, 0.3) is 0 Å². The Morgan fingerprint density at radius 1 is 1.14 bits per heavy atom. The summed E-state index contributed by atoms with van der Waals surface area (Å²) in [6.07, 6.45) is 6.36. The molecule has 0 amide bonds. The van der Waals surface area contributed by atoms with Crippen molar-refractivity contribution in [1.29, 1.82) is 0 Å². The number of allylic oxidation sites excluding steroid dienone is 1. The van der Waals surface area contributed by atoms with Crippen LogP contribution in [-0.2, 0) is 9.53 Å². The van der Waals surface area contributed by atoms with Crippen LogP contribution in [0.2, 0.25) is 0 Å². The third-order valence-electron chi connectivity index (χ3n) is 11.2. The van der Waals surface area contributed by atoms with E-state index in [1.54, 1.807) is 0 Å². The number of aliphatic hydroxyl groups is 1. The maximum absolute atomic E-state index is 13.7. The Morgan fingerprint density at radius 3 is 2.46 bits per heavy atom. The van der Waals surface area contributed by atoms with Gasteiger partial charge in [-0.15, -0.1) is 0 Å². The number of alkyl halides is 3. The number of carbonyl (C=O) groups is 1. The first kappa shape index (κ1) is 27.0. The first-order valence-corrected chi connectivity index (χ1v) is 13.7. The van der Waals surface area contributed by atoms with Crippen molar-refractivity contribution in [2.75, 3.05) is 0 Å². The molecule has 3 saturated carbocycles. The fourth-order valence-corrected chi connectivity index (χ4v) is 9.05. The van der Waals surface area contributed by atoms with Crippen molar-refractivity contribution >= 4 is 5.97 Å². The summed E-state index contributed by atoms with van der Waals surface area (Å²) in [4.78, 5) is 11.4. The van der Waals surface area contributed by atoms with Gasteiger partial charge in [0.2, 0.25) is 5.60 Å². The topological polar surface area (TPSA) is 46.5 Å². The summed E-state index contributed by atoms with van der Waals surface area (Å²) in [6.45, 7) is 11.0. The molecular weight excluding hydrogens is 453 g/mol. The number of esters is 1. The molecule has 0 radical (unpaired) electrons. The Labute approximate surface area is 209 Å². The van der Waals surface area contributed by atoms with Crippen molar-refractivity contribution in [1.82, 2.24) is 0 Å². The molecule has 0 aromatic heterocycles. The molecule has 200 valence electrons. The average Bonchev–Trinajstić information content (AvgIpc) is 3.08. The minimum absolute atomic E-state index is 0.147. The van der Waals surface area contributed by atoms with E-state index in [1.807, 2.05) is 6.92 Å². The molecule has 0 heterocycles. The fraction of sp³-hybridized carbons (Fsp3) is 0.897. The van der Waals surface area contributed by atoms with E-state index in [4.69, 9.17) is 4.74 Å². The molecule has 3 nitrogen and oxygen atoms in total. The molecule has 0 aliphatic heterocycles. The maximum Gasteiger partial charge on any atom is 0.428 e. The molecule has 0 aromatic rings. The Kier molecular flexibility index (Phi) is 6.77. The molecule has 6 heteroatoms. The summed E-state index contributed by atoms with van der Waals surface area (Å²) < 4.78 is 46.0. The summed E-state index contributed by atoms with van der Waals surface area (Å²) in [5.74, 6) is 1.54. The van der Waals surface area contributed by atoms with Crippen LogP contribution >= 0.6 is 0 Å². The van der Waals surface area contributed by atoms with Gasteiger partial charge in [0.1, 0.15) is 0 Å². The Morgan fingerprint density at radius 2 is 1.83 bits per heavy atom. The highest BCUT2D eigenvalue weighted by Crippen LogP contribution is 2.67. The van der Waals surface area contributed by atoms with Gasteiger partial charge in [0.25, 0.3) is 0 Å². The molecule has 0 unspecified atom stereocenters. The van der Waals surface area contributed by atoms with Crippen molar-refractivity contribution in [3.63, 3.8) is 0 Å². The second-order valence-electron chi connectivity index (χ2n) is 13.5. The summed E-state index contributed by atoms with van der Waals surface area (Å²) in [5, 5.41) is 10.7. The summed E-state index contributed by atoms with van der Waals surface area (Å²) >= 11 is 0. The van der Waals surface area contributed by atoms with Crippen molar-refractivity contribution < 1.29 is 27.8 Å². The molecule has 0 aromatic carbocycles. The normalized spacial score (nSPS) is 43.8. The predicted octanol–water partition coefficient (Wildman–Crippen LogP) is 7.62. The van der Waals surface area contributed by atoms with E-state index in [9.17, 15) is 23.1 Å².